The molecule has 8 heteroatoms. The highest BCUT2D eigenvalue weighted by Gasteiger charge is 2.39. The van der Waals surface area contributed by atoms with Gasteiger partial charge in [0.1, 0.15) is 17.2 Å². The minimum atomic E-state index is -0.640. The molecule has 0 bridgehead atoms. The number of H-pyrrole nitrogens is 1. The number of methoxy groups -OCH3 is 1. The van der Waals surface area contributed by atoms with E-state index < -0.39 is 11.9 Å². The highest BCUT2D eigenvalue weighted by molar-refractivity contribution is 6.16. The van der Waals surface area contributed by atoms with Crippen LogP contribution in [0.3, 0.4) is 0 Å². The number of rotatable bonds is 3. The lowest BCUT2D eigenvalue weighted by Gasteiger charge is -2.26. The van der Waals surface area contributed by atoms with E-state index in [-0.39, 0.29) is 29.3 Å². The fourth-order valence-corrected chi connectivity index (χ4v) is 5.58. The van der Waals surface area contributed by atoms with Gasteiger partial charge in [0, 0.05) is 52.3 Å². The molecule has 5 aromatic rings. The van der Waals surface area contributed by atoms with Crippen LogP contribution >= 0.6 is 0 Å². The Bertz CT molecular complexity index is 1960. The predicted molar refractivity (Wildman–Crippen MR) is 146 cm³/mol. The number of ether oxygens (including phenoxy) is 3. The van der Waals surface area contributed by atoms with Gasteiger partial charge in [0.2, 0.25) is 5.78 Å². The minimum Gasteiger partial charge on any atom is -0.497 e. The fourth-order valence-electron chi connectivity index (χ4n) is 5.58. The summed E-state index contributed by atoms with van der Waals surface area (Å²) in [7, 11) is 3.54. The summed E-state index contributed by atoms with van der Waals surface area (Å²) in [6, 6.07) is 18.2. The fraction of sp³-hybridized carbons (Fsp3) is 0.129. The lowest BCUT2D eigenvalue weighted by atomic mass is 9.85. The van der Waals surface area contributed by atoms with E-state index in [2.05, 4.69) is 4.98 Å². The molecule has 0 fully saturated rings. The molecule has 7 rings (SSSR count). The number of carbonyl (C=O) groups excluding carboxylic acids is 2. The van der Waals surface area contributed by atoms with E-state index in [0.717, 1.165) is 21.9 Å². The Hall–Kier alpha value is -5.11. The Morgan fingerprint density at radius 2 is 1.87 bits per heavy atom. The number of ketones is 1. The number of aryl methyl sites for hydroxylation is 1. The lowest BCUT2D eigenvalue weighted by molar-refractivity contribution is -0.135. The summed E-state index contributed by atoms with van der Waals surface area (Å²) in [5.41, 5.74) is 3.46. The second kappa shape index (κ2) is 8.46. The van der Waals surface area contributed by atoms with Gasteiger partial charge in [0.15, 0.2) is 5.76 Å². The van der Waals surface area contributed by atoms with Gasteiger partial charge in [0.25, 0.3) is 5.56 Å². The monoisotopic (exact) mass is 518 g/mol. The molecule has 3 aromatic carbocycles. The maximum Gasteiger partial charge on any atom is 0.312 e. The molecule has 4 heterocycles. The third kappa shape index (κ3) is 3.56. The van der Waals surface area contributed by atoms with Crippen LogP contribution in [-0.2, 0) is 11.8 Å². The Morgan fingerprint density at radius 3 is 2.72 bits per heavy atom. The first kappa shape index (κ1) is 23.0. The van der Waals surface area contributed by atoms with Crippen LogP contribution in [0, 0.1) is 0 Å². The molecular formula is C31H22N2O6. The highest BCUT2D eigenvalue weighted by Crippen LogP contribution is 2.48. The van der Waals surface area contributed by atoms with E-state index in [4.69, 9.17) is 14.2 Å². The summed E-state index contributed by atoms with van der Waals surface area (Å²) in [4.78, 5) is 42.1. The lowest BCUT2D eigenvalue weighted by Crippen LogP contribution is -2.26. The molecule has 0 spiro atoms. The second-order valence-electron chi connectivity index (χ2n) is 9.74. The van der Waals surface area contributed by atoms with Crippen LogP contribution in [0.25, 0.3) is 27.9 Å². The molecule has 0 saturated carbocycles. The van der Waals surface area contributed by atoms with Crippen molar-refractivity contribution < 1.29 is 23.8 Å². The van der Waals surface area contributed by atoms with Crippen molar-refractivity contribution in [1.82, 2.24) is 9.55 Å². The third-order valence-corrected chi connectivity index (χ3v) is 7.45. The van der Waals surface area contributed by atoms with Gasteiger partial charge in [-0.15, -0.1) is 0 Å². The summed E-state index contributed by atoms with van der Waals surface area (Å²) in [6.45, 7) is 0. The van der Waals surface area contributed by atoms with E-state index in [1.165, 1.54) is 0 Å². The van der Waals surface area contributed by atoms with Crippen molar-refractivity contribution in [2.24, 2.45) is 7.05 Å². The van der Waals surface area contributed by atoms with Crippen molar-refractivity contribution in [3.05, 3.63) is 105 Å². The minimum absolute atomic E-state index is 0.0510. The number of benzene rings is 3. The molecule has 0 aliphatic carbocycles. The van der Waals surface area contributed by atoms with Crippen molar-refractivity contribution >= 4 is 39.6 Å². The Morgan fingerprint density at radius 1 is 1.03 bits per heavy atom. The SMILES string of the molecule is COc1ccc2c(c1)c(/C=C1\Oc3c(ccc4c3C(c3cc5ccccc5[nH]c3=O)CC(=O)O4)C1=O)cn2C. The average Bonchev–Trinajstić information content (AvgIpc) is 3.42. The van der Waals surface area contributed by atoms with E-state index >= 15 is 0 Å². The first-order valence-electron chi connectivity index (χ1n) is 12.5. The second-order valence-corrected chi connectivity index (χ2v) is 9.74. The smallest absolute Gasteiger partial charge is 0.312 e. The molecule has 1 N–H and O–H groups in total. The van der Waals surface area contributed by atoms with Crippen molar-refractivity contribution in [2.75, 3.05) is 7.11 Å². The first-order chi connectivity index (χ1) is 18.9. The van der Waals surface area contributed by atoms with Gasteiger partial charge in [-0.1, -0.05) is 18.2 Å². The molecule has 1 unspecified atom stereocenters. The quantitative estimate of drug-likeness (QED) is 0.203. The molecule has 2 aliphatic rings. The van der Waals surface area contributed by atoms with Gasteiger partial charge in [0.05, 0.1) is 19.1 Å². The van der Waals surface area contributed by atoms with Crippen molar-refractivity contribution in [3.63, 3.8) is 0 Å². The summed E-state index contributed by atoms with van der Waals surface area (Å²) >= 11 is 0. The maximum absolute atomic E-state index is 13.5. The first-order valence-corrected chi connectivity index (χ1v) is 12.5. The number of hydrogen-bond acceptors (Lipinski definition) is 6. The van der Waals surface area contributed by atoms with Crippen LogP contribution in [0.1, 0.15) is 39.4 Å². The van der Waals surface area contributed by atoms with Gasteiger partial charge in [-0.2, -0.15) is 0 Å². The Balaban J connectivity index is 1.37. The number of aromatic amines is 1. The van der Waals surface area contributed by atoms with Gasteiger partial charge >= 0.3 is 5.97 Å². The molecule has 8 nitrogen and oxygen atoms in total. The molecule has 192 valence electrons. The summed E-state index contributed by atoms with van der Waals surface area (Å²) in [5, 5.41) is 1.75. The van der Waals surface area contributed by atoms with Gasteiger partial charge < -0.3 is 23.8 Å². The number of nitrogens with one attached hydrogen (secondary N) is 1. The van der Waals surface area contributed by atoms with Crippen molar-refractivity contribution in [3.8, 4) is 17.2 Å². The van der Waals surface area contributed by atoms with Crippen molar-refractivity contribution in [1.29, 1.82) is 0 Å². The van der Waals surface area contributed by atoms with Crippen LogP contribution in [0.15, 0.2) is 77.4 Å². The molecule has 2 aliphatic heterocycles. The molecule has 2 aromatic heterocycles. The molecule has 39 heavy (non-hydrogen) atoms. The standard InChI is InChI=1S/C31H22N2O6/c1-33-15-17(20-13-18(37-2)7-9-24(20)33)12-26-29(35)19-8-10-25-28(30(19)39-26)21(14-27(34)38-25)22-11-16-5-3-4-6-23(16)32-31(22)36/h3-13,15,21H,14H2,1-2H3,(H,32,36)/b26-12-. The van der Waals surface area contributed by atoms with E-state index in [9.17, 15) is 14.4 Å². The van der Waals surface area contributed by atoms with E-state index in [1.807, 2.05) is 60.3 Å². The van der Waals surface area contributed by atoms with Crippen LogP contribution in [-0.4, -0.2) is 28.4 Å². The predicted octanol–water partition coefficient (Wildman–Crippen LogP) is 5.09. The van der Waals surface area contributed by atoms with E-state index in [1.54, 1.807) is 31.4 Å². The highest BCUT2D eigenvalue weighted by atomic mass is 16.5. The Kier molecular flexibility index (Phi) is 5.00. The third-order valence-electron chi connectivity index (χ3n) is 7.45. The Labute approximate surface area is 222 Å². The number of aromatic nitrogens is 2. The largest absolute Gasteiger partial charge is 0.497 e. The van der Waals surface area contributed by atoms with Crippen molar-refractivity contribution in [2.45, 2.75) is 12.3 Å². The number of pyridine rings is 1. The number of para-hydroxylation sites is 1. The average molecular weight is 519 g/mol. The number of carbonyl (C=O) groups is 2. The molecule has 0 radical (unpaired) electrons. The van der Waals surface area contributed by atoms with Gasteiger partial charge in [-0.05, 0) is 53.9 Å². The topological polar surface area (TPSA) is 99.6 Å². The molecule has 0 amide bonds. The number of nitrogens with zero attached hydrogens (tertiary/aromatic N) is 1. The molecular weight excluding hydrogens is 496 g/mol. The summed E-state index contributed by atoms with van der Waals surface area (Å²) in [6.07, 6.45) is 3.58. The number of hydrogen-bond donors (Lipinski definition) is 1. The van der Waals surface area contributed by atoms with Crippen LogP contribution in [0.2, 0.25) is 0 Å². The van der Waals surface area contributed by atoms with Crippen LogP contribution in [0.4, 0.5) is 0 Å². The van der Waals surface area contributed by atoms with E-state index in [0.29, 0.717) is 33.7 Å². The zero-order valence-electron chi connectivity index (χ0n) is 21.1. The molecule has 0 saturated heterocycles. The number of allylic oxidation sites excluding steroid dienone is 1. The number of fused-ring (bicyclic) bond motifs is 5. The van der Waals surface area contributed by atoms with Gasteiger partial charge in [-0.3, -0.25) is 14.4 Å². The van der Waals surface area contributed by atoms with Gasteiger partial charge in [-0.25, -0.2) is 0 Å². The zero-order chi connectivity index (χ0) is 26.8. The summed E-state index contributed by atoms with van der Waals surface area (Å²) < 4.78 is 19.1. The zero-order valence-corrected chi connectivity index (χ0v) is 21.1. The van der Waals surface area contributed by atoms with Crippen LogP contribution < -0.4 is 19.8 Å². The molecule has 1 atom stereocenters. The van der Waals surface area contributed by atoms with Crippen LogP contribution in [0.5, 0.6) is 17.2 Å². The summed E-state index contributed by atoms with van der Waals surface area (Å²) in [5.74, 6) is 0.0728. The number of esters is 1. The normalized spacial score (nSPS) is 17.3. The number of Topliss-reactive ketones (excluding diaryl/α,β-unsaturated/α-hetero) is 1. The maximum atomic E-state index is 13.5.